The van der Waals surface area contributed by atoms with Crippen LogP contribution in [0.2, 0.25) is 0 Å². The van der Waals surface area contributed by atoms with Crippen LogP contribution in [0.15, 0.2) is 53.7 Å². The average molecular weight is 342 g/mol. The summed E-state index contributed by atoms with van der Waals surface area (Å²) in [7, 11) is 0. The van der Waals surface area contributed by atoms with Crippen molar-refractivity contribution in [1.82, 2.24) is 9.88 Å². The Bertz CT molecular complexity index is 608. The number of thioether (sulfide) groups is 1. The number of alkyl halides is 3. The second kappa shape index (κ2) is 8.33. The first kappa shape index (κ1) is 17.8. The van der Waals surface area contributed by atoms with E-state index in [2.05, 4.69) is 4.98 Å². The molecule has 0 unspecified atom stereocenters. The van der Waals surface area contributed by atoms with Crippen molar-refractivity contribution in [2.75, 3.05) is 13.2 Å². The quantitative estimate of drug-likeness (QED) is 0.779. The summed E-state index contributed by atoms with van der Waals surface area (Å²) in [5, 5.41) is 9.19. The lowest BCUT2D eigenvalue weighted by Gasteiger charge is -2.21. The number of pyridine rings is 1. The van der Waals surface area contributed by atoms with E-state index in [1.165, 1.54) is 12.1 Å². The minimum Gasteiger partial charge on any atom is -0.395 e. The lowest BCUT2D eigenvalue weighted by atomic mass is 10.2. The van der Waals surface area contributed by atoms with Crippen molar-refractivity contribution in [2.24, 2.45) is 0 Å². The summed E-state index contributed by atoms with van der Waals surface area (Å²) in [5.41, 5.74) is -2.53. The second-order valence-electron chi connectivity index (χ2n) is 4.99. The fraction of sp³-hybridized carbons (Fsp3) is 0.312. The first-order chi connectivity index (χ1) is 11.0. The molecule has 7 heteroatoms. The maximum Gasteiger partial charge on any atom is 0.446 e. The van der Waals surface area contributed by atoms with Crippen molar-refractivity contribution < 1.29 is 18.3 Å². The Morgan fingerprint density at radius 1 is 1.09 bits per heavy atom. The van der Waals surface area contributed by atoms with Gasteiger partial charge in [-0.1, -0.05) is 18.2 Å². The van der Waals surface area contributed by atoms with Gasteiger partial charge < -0.3 is 5.11 Å². The zero-order chi connectivity index (χ0) is 16.7. The summed E-state index contributed by atoms with van der Waals surface area (Å²) in [5.74, 6) is 0. The number of aromatic nitrogens is 1. The molecule has 1 aromatic carbocycles. The Morgan fingerprint density at radius 2 is 1.83 bits per heavy atom. The molecule has 124 valence electrons. The van der Waals surface area contributed by atoms with Crippen molar-refractivity contribution in [3.8, 4) is 0 Å². The van der Waals surface area contributed by atoms with Crippen LogP contribution in [0.4, 0.5) is 13.2 Å². The molecular formula is C16H17F3N2OS. The van der Waals surface area contributed by atoms with Crippen LogP contribution in [0.25, 0.3) is 0 Å². The van der Waals surface area contributed by atoms with Crippen LogP contribution < -0.4 is 0 Å². The van der Waals surface area contributed by atoms with E-state index in [9.17, 15) is 18.3 Å². The molecular weight excluding hydrogens is 325 g/mol. The zero-order valence-electron chi connectivity index (χ0n) is 12.3. The van der Waals surface area contributed by atoms with Gasteiger partial charge in [-0.2, -0.15) is 13.2 Å². The van der Waals surface area contributed by atoms with Crippen LogP contribution >= 0.6 is 11.8 Å². The van der Waals surface area contributed by atoms with Crippen molar-refractivity contribution in [2.45, 2.75) is 23.5 Å². The maximum absolute atomic E-state index is 12.5. The summed E-state index contributed by atoms with van der Waals surface area (Å²) in [4.78, 5) is 6.18. The topological polar surface area (TPSA) is 36.4 Å². The van der Waals surface area contributed by atoms with Crippen LogP contribution in [0.5, 0.6) is 0 Å². The first-order valence-electron chi connectivity index (χ1n) is 7.03. The predicted molar refractivity (Wildman–Crippen MR) is 83.8 cm³/mol. The molecule has 0 saturated heterocycles. The molecule has 2 rings (SSSR count). The number of aliphatic hydroxyl groups is 1. The molecule has 3 nitrogen and oxygen atoms in total. The summed E-state index contributed by atoms with van der Waals surface area (Å²) >= 11 is -0.119. The average Bonchev–Trinajstić information content (AvgIpc) is 2.47. The Morgan fingerprint density at radius 3 is 2.48 bits per heavy atom. The van der Waals surface area contributed by atoms with E-state index in [0.29, 0.717) is 19.6 Å². The number of hydrogen-bond donors (Lipinski definition) is 1. The number of halogens is 3. The van der Waals surface area contributed by atoms with Gasteiger partial charge in [0.2, 0.25) is 0 Å². The van der Waals surface area contributed by atoms with Gasteiger partial charge >= 0.3 is 5.51 Å². The Balaban J connectivity index is 2.06. The van der Waals surface area contributed by atoms with Crippen LogP contribution in [0.3, 0.4) is 0 Å². The highest BCUT2D eigenvalue weighted by Gasteiger charge is 2.29. The Kier molecular flexibility index (Phi) is 6.44. The highest BCUT2D eigenvalue weighted by atomic mass is 32.2. The monoisotopic (exact) mass is 342 g/mol. The molecule has 0 aliphatic rings. The maximum atomic E-state index is 12.5. The smallest absolute Gasteiger partial charge is 0.395 e. The molecule has 0 atom stereocenters. The molecule has 0 amide bonds. The summed E-state index contributed by atoms with van der Waals surface area (Å²) in [6.45, 7) is 1.45. The molecule has 0 spiro atoms. The molecule has 2 aromatic rings. The van der Waals surface area contributed by atoms with E-state index in [1.807, 2.05) is 17.0 Å². The lowest BCUT2D eigenvalue weighted by Crippen LogP contribution is -2.26. The third-order valence-electron chi connectivity index (χ3n) is 3.08. The Hall–Kier alpha value is -1.57. The van der Waals surface area contributed by atoms with Crippen LogP contribution in [-0.4, -0.2) is 33.7 Å². The van der Waals surface area contributed by atoms with E-state index in [4.69, 9.17) is 0 Å². The first-order valence-corrected chi connectivity index (χ1v) is 7.85. The molecule has 0 saturated carbocycles. The number of aliphatic hydroxyl groups excluding tert-OH is 1. The summed E-state index contributed by atoms with van der Waals surface area (Å²) < 4.78 is 37.4. The predicted octanol–water partition coefficient (Wildman–Crippen LogP) is 3.69. The van der Waals surface area contributed by atoms with Gasteiger partial charge in [-0.3, -0.25) is 9.88 Å². The molecule has 1 heterocycles. The van der Waals surface area contributed by atoms with Gasteiger partial charge in [-0.15, -0.1) is 0 Å². The van der Waals surface area contributed by atoms with E-state index in [1.54, 1.807) is 24.5 Å². The van der Waals surface area contributed by atoms with Crippen LogP contribution in [0.1, 0.15) is 11.1 Å². The van der Waals surface area contributed by atoms with Crippen molar-refractivity contribution in [1.29, 1.82) is 0 Å². The van der Waals surface area contributed by atoms with Crippen LogP contribution in [0, 0.1) is 0 Å². The van der Waals surface area contributed by atoms with Gasteiger partial charge in [0.05, 0.1) is 6.61 Å². The highest BCUT2D eigenvalue weighted by Crippen LogP contribution is 2.37. The van der Waals surface area contributed by atoms with Gasteiger partial charge in [0.25, 0.3) is 0 Å². The van der Waals surface area contributed by atoms with Gasteiger partial charge in [0.1, 0.15) is 0 Å². The standard InChI is InChI=1S/C16H17F3N2OS/c17-16(18,19)23-15-5-1-3-13(9-15)11-21(7-8-22)12-14-4-2-6-20-10-14/h1-6,9-10,22H,7-8,11-12H2. The minimum absolute atomic E-state index is 0.0166. The fourth-order valence-electron chi connectivity index (χ4n) is 2.20. The van der Waals surface area contributed by atoms with Gasteiger partial charge in [0, 0.05) is 36.9 Å². The second-order valence-corrected chi connectivity index (χ2v) is 6.13. The molecule has 0 fully saturated rings. The number of benzene rings is 1. The van der Waals surface area contributed by atoms with Crippen molar-refractivity contribution in [3.05, 3.63) is 59.9 Å². The van der Waals surface area contributed by atoms with Crippen molar-refractivity contribution >= 4 is 11.8 Å². The van der Waals surface area contributed by atoms with E-state index < -0.39 is 5.51 Å². The molecule has 0 bridgehead atoms. The van der Waals surface area contributed by atoms with Gasteiger partial charge in [-0.05, 0) is 41.1 Å². The lowest BCUT2D eigenvalue weighted by molar-refractivity contribution is -0.0328. The van der Waals surface area contributed by atoms with E-state index in [0.717, 1.165) is 11.1 Å². The third kappa shape index (κ3) is 6.60. The van der Waals surface area contributed by atoms with Gasteiger partial charge in [0.15, 0.2) is 0 Å². The summed E-state index contributed by atoms with van der Waals surface area (Å²) in [6.07, 6.45) is 3.41. The number of nitrogens with zero attached hydrogens (tertiary/aromatic N) is 2. The highest BCUT2D eigenvalue weighted by molar-refractivity contribution is 8.00. The molecule has 1 aromatic heterocycles. The number of rotatable bonds is 7. The third-order valence-corrected chi connectivity index (χ3v) is 3.80. The molecule has 0 aliphatic heterocycles. The van der Waals surface area contributed by atoms with E-state index in [-0.39, 0.29) is 23.3 Å². The fourth-order valence-corrected chi connectivity index (χ4v) is 2.83. The van der Waals surface area contributed by atoms with Gasteiger partial charge in [-0.25, -0.2) is 0 Å². The SMILES string of the molecule is OCCN(Cc1cccnc1)Cc1cccc(SC(F)(F)F)c1. The largest absolute Gasteiger partial charge is 0.446 e. The minimum atomic E-state index is -4.29. The zero-order valence-corrected chi connectivity index (χ0v) is 13.1. The summed E-state index contributed by atoms with van der Waals surface area (Å²) in [6, 6.07) is 10.1. The normalized spacial score (nSPS) is 11.9. The Labute approximate surface area is 137 Å². The van der Waals surface area contributed by atoms with E-state index >= 15 is 0 Å². The molecule has 0 radical (unpaired) electrons. The van der Waals surface area contributed by atoms with Crippen LogP contribution in [-0.2, 0) is 13.1 Å². The molecule has 0 aliphatic carbocycles. The van der Waals surface area contributed by atoms with Crippen molar-refractivity contribution in [3.63, 3.8) is 0 Å². The molecule has 23 heavy (non-hydrogen) atoms. The molecule has 1 N–H and O–H groups in total. The number of hydrogen-bond acceptors (Lipinski definition) is 4.